The predicted octanol–water partition coefficient (Wildman–Crippen LogP) is 6.46. The van der Waals surface area contributed by atoms with Gasteiger partial charge in [0, 0.05) is 9.30 Å². The molecular formula is C16H13Br2F3. The van der Waals surface area contributed by atoms with E-state index < -0.39 is 11.7 Å². The van der Waals surface area contributed by atoms with Gasteiger partial charge in [0.05, 0.1) is 5.56 Å². The molecule has 21 heavy (non-hydrogen) atoms. The summed E-state index contributed by atoms with van der Waals surface area (Å²) in [6.07, 6.45) is -3.64. The molecule has 2 aromatic carbocycles. The van der Waals surface area contributed by atoms with Crippen molar-refractivity contribution in [1.82, 2.24) is 0 Å². The van der Waals surface area contributed by atoms with Crippen LogP contribution >= 0.6 is 31.9 Å². The predicted molar refractivity (Wildman–Crippen MR) is 85.7 cm³/mol. The van der Waals surface area contributed by atoms with Crippen molar-refractivity contribution in [3.05, 3.63) is 69.2 Å². The third-order valence-corrected chi connectivity index (χ3v) is 4.58. The molecule has 0 saturated carbocycles. The van der Waals surface area contributed by atoms with Gasteiger partial charge in [0.1, 0.15) is 0 Å². The summed E-state index contributed by atoms with van der Waals surface area (Å²) < 4.78 is 38.6. The minimum absolute atomic E-state index is 0.0716. The van der Waals surface area contributed by atoms with Gasteiger partial charge in [-0.15, -0.1) is 0 Å². The number of hydrogen-bond acceptors (Lipinski definition) is 0. The van der Waals surface area contributed by atoms with E-state index in [2.05, 4.69) is 31.9 Å². The van der Waals surface area contributed by atoms with E-state index in [1.165, 1.54) is 12.1 Å². The van der Waals surface area contributed by atoms with Gasteiger partial charge in [-0.25, -0.2) is 0 Å². The molecule has 0 radical (unpaired) electrons. The first kappa shape index (κ1) is 16.6. The van der Waals surface area contributed by atoms with E-state index in [4.69, 9.17) is 0 Å². The first-order valence-electron chi connectivity index (χ1n) is 6.33. The van der Waals surface area contributed by atoms with Gasteiger partial charge in [0.2, 0.25) is 0 Å². The zero-order chi connectivity index (χ0) is 15.6. The van der Waals surface area contributed by atoms with Gasteiger partial charge in [-0.1, -0.05) is 50.1 Å². The smallest absolute Gasteiger partial charge is 0.166 e. The summed E-state index contributed by atoms with van der Waals surface area (Å²) in [5, 5.41) is 0. The second kappa shape index (κ2) is 6.53. The number of rotatable bonds is 3. The molecule has 0 aliphatic heterocycles. The quantitative estimate of drug-likeness (QED) is 0.499. The molecule has 0 saturated heterocycles. The lowest BCUT2D eigenvalue weighted by Gasteiger charge is -2.14. The van der Waals surface area contributed by atoms with Gasteiger partial charge in [-0.3, -0.25) is 0 Å². The fourth-order valence-electron chi connectivity index (χ4n) is 2.14. The third-order valence-electron chi connectivity index (χ3n) is 3.27. The molecule has 112 valence electrons. The zero-order valence-corrected chi connectivity index (χ0v) is 14.4. The number of alkyl halides is 4. The summed E-state index contributed by atoms with van der Waals surface area (Å²) in [7, 11) is 0. The first-order chi connectivity index (χ1) is 9.77. The Kier molecular flexibility index (Phi) is 5.15. The third kappa shape index (κ3) is 4.33. The Bertz CT molecular complexity index is 618. The van der Waals surface area contributed by atoms with Gasteiger partial charge in [-0.05, 0) is 54.3 Å². The molecule has 0 nitrogen and oxygen atoms in total. The molecular weight excluding hydrogens is 409 g/mol. The summed E-state index contributed by atoms with van der Waals surface area (Å²) >= 11 is 7.04. The second-order valence-electron chi connectivity index (χ2n) is 4.87. The maximum atomic E-state index is 12.5. The highest BCUT2D eigenvalue weighted by Crippen LogP contribution is 2.33. The monoisotopic (exact) mass is 420 g/mol. The van der Waals surface area contributed by atoms with Gasteiger partial charge in [0.25, 0.3) is 0 Å². The van der Waals surface area contributed by atoms with Crippen LogP contribution in [0.1, 0.15) is 27.1 Å². The van der Waals surface area contributed by atoms with E-state index in [-0.39, 0.29) is 4.83 Å². The molecule has 2 aromatic rings. The molecule has 1 unspecified atom stereocenters. The maximum Gasteiger partial charge on any atom is 0.416 e. The topological polar surface area (TPSA) is 0 Å². The van der Waals surface area contributed by atoms with E-state index >= 15 is 0 Å². The summed E-state index contributed by atoms with van der Waals surface area (Å²) in [4.78, 5) is 0.0716. The molecule has 1 atom stereocenters. The van der Waals surface area contributed by atoms with E-state index in [1.807, 2.05) is 25.1 Å². The summed E-state index contributed by atoms with van der Waals surface area (Å²) in [6, 6.07) is 11.3. The van der Waals surface area contributed by atoms with E-state index in [0.717, 1.165) is 33.3 Å². The molecule has 0 aromatic heterocycles. The number of benzene rings is 2. The maximum absolute atomic E-state index is 12.5. The Balaban J connectivity index is 2.14. The van der Waals surface area contributed by atoms with Crippen LogP contribution in [0.25, 0.3) is 0 Å². The van der Waals surface area contributed by atoms with Crippen molar-refractivity contribution in [2.24, 2.45) is 0 Å². The Morgan fingerprint density at radius 3 is 2.19 bits per heavy atom. The lowest BCUT2D eigenvalue weighted by molar-refractivity contribution is -0.137. The minimum atomic E-state index is -4.28. The van der Waals surface area contributed by atoms with Crippen LogP contribution in [0, 0.1) is 6.92 Å². The standard InChI is InChI=1S/C16H13Br2F3/c1-10-8-13(17)6-7-14(10)15(18)9-11-2-4-12(5-3-11)16(19,20)21/h2-8,15H,9H2,1H3. The van der Waals surface area contributed by atoms with Crippen LogP contribution in [0.2, 0.25) is 0 Å². The van der Waals surface area contributed by atoms with Gasteiger partial charge in [0.15, 0.2) is 0 Å². The van der Waals surface area contributed by atoms with Crippen LogP contribution < -0.4 is 0 Å². The largest absolute Gasteiger partial charge is 0.416 e. The van der Waals surface area contributed by atoms with Crippen molar-refractivity contribution >= 4 is 31.9 Å². The average molecular weight is 422 g/mol. The van der Waals surface area contributed by atoms with Crippen LogP contribution in [-0.2, 0) is 12.6 Å². The summed E-state index contributed by atoms with van der Waals surface area (Å²) in [5.74, 6) is 0. The summed E-state index contributed by atoms with van der Waals surface area (Å²) in [6.45, 7) is 2.01. The number of aryl methyl sites for hydroxylation is 1. The van der Waals surface area contributed by atoms with Crippen molar-refractivity contribution in [2.75, 3.05) is 0 Å². The highest BCUT2D eigenvalue weighted by Gasteiger charge is 2.30. The van der Waals surface area contributed by atoms with Gasteiger partial charge in [-0.2, -0.15) is 13.2 Å². The molecule has 5 heteroatoms. The van der Waals surface area contributed by atoms with Crippen molar-refractivity contribution < 1.29 is 13.2 Å². The Morgan fingerprint density at radius 1 is 1.05 bits per heavy atom. The molecule has 0 amide bonds. The molecule has 0 N–H and O–H groups in total. The lowest BCUT2D eigenvalue weighted by Crippen LogP contribution is -2.05. The average Bonchev–Trinajstić information content (AvgIpc) is 2.38. The zero-order valence-electron chi connectivity index (χ0n) is 11.2. The molecule has 0 aliphatic carbocycles. The molecule has 0 fully saturated rings. The lowest BCUT2D eigenvalue weighted by atomic mass is 10.00. The van der Waals surface area contributed by atoms with Crippen LogP contribution in [0.5, 0.6) is 0 Å². The molecule has 2 rings (SSSR count). The van der Waals surface area contributed by atoms with Crippen molar-refractivity contribution in [3.63, 3.8) is 0 Å². The second-order valence-corrected chi connectivity index (χ2v) is 6.89. The molecule has 0 spiro atoms. The van der Waals surface area contributed by atoms with Gasteiger partial charge >= 0.3 is 6.18 Å². The van der Waals surface area contributed by atoms with Crippen LogP contribution in [0.3, 0.4) is 0 Å². The Hall–Kier alpha value is -0.810. The van der Waals surface area contributed by atoms with Crippen molar-refractivity contribution in [1.29, 1.82) is 0 Å². The van der Waals surface area contributed by atoms with Crippen molar-refractivity contribution in [3.8, 4) is 0 Å². The van der Waals surface area contributed by atoms with Crippen LogP contribution in [0.15, 0.2) is 46.9 Å². The van der Waals surface area contributed by atoms with Crippen molar-refractivity contribution in [2.45, 2.75) is 24.3 Å². The number of hydrogen-bond donors (Lipinski definition) is 0. The van der Waals surface area contributed by atoms with Crippen LogP contribution in [0.4, 0.5) is 13.2 Å². The molecule has 0 aliphatic rings. The fourth-order valence-corrected chi connectivity index (χ4v) is 3.50. The van der Waals surface area contributed by atoms with Gasteiger partial charge < -0.3 is 0 Å². The van der Waals surface area contributed by atoms with E-state index in [0.29, 0.717) is 6.42 Å². The highest BCUT2D eigenvalue weighted by atomic mass is 79.9. The Labute approximate surface area is 138 Å². The molecule has 0 bridgehead atoms. The van der Waals surface area contributed by atoms with E-state index in [9.17, 15) is 13.2 Å². The highest BCUT2D eigenvalue weighted by molar-refractivity contribution is 9.10. The normalized spacial score (nSPS) is 13.2. The minimum Gasteiger partial charge on any atom is -0.166 e. The molecule has 0 heterocycles. The van der Waals surface area contributed by atoms with Crippen LogP contribution in [-0.4, -0.2) is 0 Å². The first-order valence-corrected chi connectivity index (χ1v) is 8.04. The Morgan fingerprint density at radius 2 is 1.67 bits per heavy atom. The fraction of sp³-hybridized carbons (Fsp3) is 0.250. The summed E-state index contributed by atoms with van der Waals surface area (Å²) in [5.41, 5.74) is 2.53. The number of halogens is 5. The van der Waals surface area contributed by atoms with E-state index in [1.54, 1.807) is 0 Å². The SMILES string of the molecule is Cc1cc(Br)ccc1C(Br)Cc1ccc(C(F)(F)F)cc1.